The molecule has 0 amide bonds. The van der Waals surface area contributed by atoms with E-state index in [1.165, 1.54) is 0 Å². The molecule has 0 aliphatic carbocycles. The summed E-state index contributed by atoms with van der Waals surface area (Å²) >= 11 is 3.32. The third kappa shape index (κ3) is 2.84. The molecule has 0 unspecified atom stereocenters. The smallest absolute Gasteiger partial charge is 0.156 e. The third-order valence-corrected chi connectivity index (χ3v) is 3.39. The summed E-state index contributed by atoms with van der Waals surface area (Å²) in [7, 11) is 0. The number of halogens is 2. The maximum atomic E-state index is 5.73. The minimum Gasteiger partial charge on any atom is -0.381 e. The van der Waals surface area contributed by atoms with Gasteiger partial charge in [-0.1, -0.05) is 6.92 Å². The lowest BCUT2D eigenvalue weighted by Gasteiger charge is -2.15. The number of likely N-dealkylation sites (N-methyl/N-ethyl adjacent to an activating group) is 1. The lowest BCUT2D eigenvalue weighted by molar-refractivity contribution is 0.302. The number of rotatable bonds is 1. The van der Waals surface area contributed by atoms with Gasteiger partial charge in [-0.2, -0.15) is 0 Å². The van der Waals surface area contributed by atoms with E-state index in [9.17, 15) is 0 Å². The molecule has 90 valence electrons. The van der Waals surface area contributed by atoms with Gasteiger partial charge >= 0.3 is 0 Å². The number of nitrogen functional groups attached to an aromatic ring is 1. The molecule has 4 nitrogen and oxygen atoms in total. The fourth-order valence-electron chi connectivity index (χ4n) is 1.85. The van der Waals surface area contributed by atoms with Crippen LogP contribution in [0, 0.1) is 0 Å². The summed E-state index contributed by atoms with van der Waals surface area (Å²) in [4.78, 5) is 11.2. The van der Waals surface area contributed by atoms with Crippen molar-refractivity contribution in [2.45, 2.75) is 19.8 Å². The maximum Gasteiger partial charge on any atom is 0.156 e. The summed E-state index contributed by atoms with van der Waals surface area (Å²) in [5.74, 6) is 0.499. The van der Waals surface area contributed by atoms with Crippen LogP contribution >= 0.6 is 28.3 Å². The topological polar surface area (TPSA) is 55.0 Å². The van der Waals surface area contributed by atoms with E-state index < -0.39 is 0 Å². The highest BCUT2D eigenvalue weighted by molar-refractivity contribution is 9.10. The highest BCUT2D eigenvalue weighted by atomic mass is 79.9. The Morgan fingerprint density at radius 1 is 1.25 bits per heavy atom. The van der Waals surface area contributed by atoms with Crippen molar-refractivity contribution < 1.29 is 0 Å². The number of hydrogen-bond acceptors (Lipinski definition) is 4. The van der Waals surface area contributed by atoms with Crippen LogP contribution in [0.5, 0.6) is 0 Å². The number of nitrogens with zero attached hydrogens (tertiary/aromatic N) is 3. The molecule has 2 heterocycles. The summed E-state index contributed by atoms with van der Waals surface area (Å²) < 4.78 is 0.672. The van der Waals surface area contributed by atoms with Gasteiger partial charge in [-0.15, -0.1) is 12.4 Å². The zero-order chi connectivity index (χ0) is 10.8. The van der Waals surface area contributed by atoms with E-state index in [-0.39, 0.29) is 12.4 Å². The molecule has 0 bridgehead atoms. The first-order valence-electron chi connectivity index (χ1n) is 5.23. The molecule has 0 spiro atoms. The second-order valence-corrected chi connectivity index (χ2v) is 4.48. The number of aromatic nitrogens is 2. The molecular formula is C10H16BrClN4. The van der Waals surface area contributed by atoms with Gasteiger partial charge in [0.2, 0.25) is 0 Å². The molecule has 0 saturated heterocycles. The first-order chi connectivity index (χ1) is 7.20. The second-order valence-electron chi connectivity index (χ2n) is 3.73. The minimum absolute atomic E-state index is 0. The normalized spacial score (nSPS) is 16.1. The van der Waals surface area contributed by atoms with Crippen LogP contribution in [0.15, 0.2) is 4.60 Å². The number of nitrogens with two attached hydrogens (primary N) is 1. The highest BCUT2D eigenvalue weighted by Gasteiger charge is 2.16. The summed E-state index contributed by atoms with van der Waals surface area (Å²) in [6.07, 6.45) is 1.92. The fourth-order valence-corrected chi connectivity index (χ4v) is 2.16. The van der Waals surface area contributed by atoms with Crippen LogP contribution in [0.3, 0.4) is 0 Å². The summed E-state index contributed by atoms with van der Waals surface area (Å²) in [6, 6.07) is 0. The zero-order valence-corrected chi connectivity index (χ0v) is 11.6. The molecule has 2 rings (SSSR count). The monoisotopic (exact) mass is 306 g/mol. The largest absolute Gasteiger partial charge is 0.381 e. The quantitative estimate of drug-likeness (QED) is 0.857. The van der Waals surface area contributed by atoms with Crippen molar-refractivity contribution >= 4 is 34.2 Å². The Kier molecular flexibility index (Phi) is 4.95. The summed E-state index contributed by atoms with van der Waals surface area (Å²) in [6.45, 7) is 5.39. The van der Waals surface area contributed by atoms with Gasteiger partial charge in [-0.25, -0.2) is 9.97 Å². The molecule has 1 aromatic rings. The zero-order valence-electron chi connectivity index (χ0n) is 9.24. The van der Waals surface area contributed by atoms with Gasteiger partial charge in [-0.3, -0.25) is 0 Å². The van der Waals surface area contributed by atoms with Crippen molar-refractivity contribution in [1.29, 1.82) is 0 Å². The molecule has 6 heteroatoms. The third-order valence-electron chi connectivity index (χ3n) is 2.81. The molecule has 0 radical (unpaired) electrons. The van der Waals surface area contributed by atoms with E-state index in [1.807, 2.05) is 0 Å². The first kappa shape index (κ1) is 13.7. The average Bonchev–Trinajstić information content (AvgIpc) is 2.42. The molecular weight excluding hydrogens is 291 g/mol. The van der Waals surface area contributed by atoms with Gasteiger partial charge in [0.25, 0.3) is 0 Å². The number of anilines is 1. The highest BCUT2D eigenvalue weighted by Crippen LogP contribution is 2.19. The number of fused-ring (bicyclic) bond motifs is 1. The molecule has 0 saturated carbocycles. The summed E-state index contributed by atoms with van der Waals surface area (Å²) in [5.41, 5.74) is 7.88. The Labute approximate surface area is 110 Å². The van der Waals surface area contributed by atoms with E-state index in [4.69, 9.17) is 5.73 Å². The van der Waals surface area contributed by atoms with E-state index in [1.54, 1.807) is 0 Å². The van der Waals surface area contributed by atoms with Crippen molar-refractivity contribution in [2.24, 2.45) is 0 Å². The van der Waals surface area contributed by atoms with Gasteiger partial charge in [0.05, 0.1) is 11.4 Å². The van der Waals surface area contributed by atoms with Gasteiger partial charge in [-0.05, 0) is 22.5 Å². The first-order valence-corrected chi connectivity index (χ1v) is 6.03. The lowest BCUT2D eigenvalue weighted by Crippen LogP contribution is -2.25. The molecule has 0 atom stereocenters. The van der Waals surface area contributed by atoms with Gasteiger partial charge in [0, 0.05) is 25.9 Å². The molecule has 0 aromatic carbocycles. The van der Waals surface area contributed by atoms with Gasteiger partial charge < -0.3 is 10.6 Å². The second kappa shape index (κ2) is 5.80. The van der Waals surface area contributed by atoms with Crippen LogP contribution in [0.2, 0.25) is 0 Å². The SMILES string of the molecule is CCN1CCc2nc(N)c(Br)nc2CC1.Cl. The Hall–Kier alpha value is -0.390. The number of hydrogen-bond donors (Lipinski definition) is 1. The van der Waals surface area contributed by atoms with Crippen molar-refractivity contribution in [3.05, 3.63) is 16.0 Å². The van der Waals surface area contributed by atoms with Crippen molar-refractivity contribution in [3.8, 4) is 0 Å². The van der Waals surface area contributed by atoms with Crippen LogP contribution in [-0.4, -0.2) is 34.5 Å². The predicted molar refractivity (Wildman–Crippen MR) is 70.9 cm³/mol. The van der Waals surface area contributed by atoms with E-state index in [0.717, 1.165) is 43.9 Å². The van der Waals surface area contributed by atoms with Crippen molar-refractivity contribution in [1.82, 2.24) is 14.9 Å². The molecule has 1 aromatic heterocycles. The molecule has 2 N–H and O–H groups in total. The Morgan fingerprint density at radius 2 is 1.81 bits per heavy atom. The Balaban J connectivity index is 0.00000128. The van der Waals surface area contributed by atoms with E-state index >= 15 is 0 Å². The molecule has 1 aliphatic rings. The molecule has 16 heavy (non-hydrogen) atoms. The standard InChI is InChI=1S/C10H15BrN4.ClH/c1-2-15-5-3-7-8(4-6-15)14-10(12)9(11)13-7;/h2-6H2,1H3,(H2,12,14);1H. The fraction of sp³-hybridized carbons (Fsp3) is 0.600. The molecule has 1 aliphatic heterocycles. The molecule has 0 fully saturated rings. The van der Waals surface area contributed by atoms with Crippen molar-refractivity contribution in [2.75, 3.05) is 25.4 Å². The maximum absolute atomic E-state index is 5.73. The van der Waals surface area contributed by atoms with Crippen LogP contribution in [0.25, 0.3) is 0 Å². The van der Waals surface area contributed by atoms with Crippen LogP contribution in [0.4, 0.5) is 5.82 Å². The minimum atomic E-state index is 0. The van der Waals surface area contributed by atoms with Gasteiger partial charge in [0.15, 0.2) is 5.82 Å². The van der Waals surface area contributed by atoms with E-state index in [2.05, 4.69) is 37.7 Å². The van der Waals surface area contributed by atoms with Gasteiger partial charge in [0.1, 0.15) is 4.60 Å². The van der Waals surface area contributed by atoms with E-state index in [0.29, 0.717) is 10.4 Å². The van der Waals surface area contributed by atoms with Crippen LogP contribution in [-0.2, 0) is 12.8 Å². The van der Waals surface area contributed by atoms with Crippen LogP contribution < -0.4 is 5.73 Å². The average molecular weight is 308 g/mol. The Morgan fingerprint density at radius 3 is 2.38 bits per heavy atom. The summed E-state index contributed by atoms with van der Waals surface area (Å²) in [5, 5.41) is 0. The predicted octanol–water partition coefficient (Wildman–Crippen LogP) is 1.66. The lowest BCUT2D eigenvalue weighted by atomic mass is 10.2. The van der Waals surface area contributed by atoms with Crippen LogP contribution in [0.1, 0.15) is 18.3 Å². The van der Waals surface area contributed by atoms with Crippen molar-refractivity contribution in [3.63, 3.8) is 0 Å². The Bertz CT molecular complexity index is 339.